The maximum absolute atomic E-state index is 9.88. The van der Waals surface area contributed by atoms with Crippen LogP contribution in [-0.4, -0.2) is 27.3 Å². The Kier molecular flexibility index (Phi) is 4.51. The van der Waals surface area contributed by atoms with Crippen molar-refractivity contribution in [3.8, 4) is 0 Å². The first kappa shape index (κ1) is 11.2. The van der Waals surface area contributed by atoms with Gasteiger partial charge in [-0.2, -0.15) is 0 Å². The minimum Gasteiger partial charge on any atom is -0.393 e. The predicted molar refractivity (Wildman–Crippen MR) is 65.9 cm³/mol. The Morgan fingerprint density at radius 1 is 1.00 bits per heavy atom. The van der Waals surface area contributed by atoms with Gasteiger partial charge in [-0.25, -0.2) is 0 Å². The van der Waals surface area contributed by atoms with Gasteiger partial charge in [0, 0.05) is 0 Å². The lowest BCUT2D eigenvalue weighted by atomic mass is 9.85. The van der Waals surface area contributed by atoms with Crippen molar-refractivity contribution in [1.29, 1.82) is 0 Å². The lowest BCUT2D eigenvalue weighted by molar-refractivity contribution is 0.0676. The highest BCUT2D eigenvalue weighted by molar-refractivity contribution is 8.17. The van der Waals surface area contributed by atoms with Crippen LogP contribution in [0.15, 0.2) is 0 Å². The van der Waals surface area contributed by atoms with E-state index in [-0.39, 0.29) is 6.10 Å². The summed E-state index contributed by atoms with van der Waals surface area (Å²) >= 11 is 4.22. The second-order valence-electron chi connectivity index (χ2n) is 4.37. The Hall–Kier alpha value is 0.660. The smallest absolute Gasteiger partial charge is 0.0569 e. The molecule has 2 fully saturated rings. The van der Waals surface area contributed by atoms with E-state index in [9.17, 15) is 5.11 Å². The zero-order chi connectivity index (χ0) is 9.80. The Morgan fingerprint density at radius 3 is 2.43 bits per heavy atom. The third-order valence-corrected chi connectivity index (χ3v) is 6.25. The van der Waals surface area contributed by atoms with Gasteiger partial charge in [0.2, 0.25) is 0 Å². The Bertz CT molecular complexity index is 169. The molecule has 0 radical (unpaired) electrons. The molecule has 0 aromatic heterocycles. The van der Waals surface area contributed by atoms with E-state index in [1.807, 2.05) is 0 Å². The van der Waals surface area contributed by atoms with Crippen LogP contribution in [0, 0.1) is 5.92 Å². The molecule has 82 valence electrons. The Labute approximate surface area is 95.4 Å². The maximum atomic E-state index is 9.88. The molecule has 0 unspecified atom stereocenters. The summed E-state index contributed by atoms with van der Waals surface area (Å²) in [6, 6.07) is 0. The number of thioether (sulfide) groups is 2. The molecular formula is C11H20OS2. The minimum atomic E-state index is 0.00637. The Morgan fingerprint density at radius 2 is 1.71 bits per heavy atom. The van der Waals surface area contributed by atoms with Gasteiger partial charge in [0.25, 0.3) is 0 Å². The topological polar surface area (TPSA) is 20.2 Å². The lowest BCUT2D eigenvalue weighted by Crippen LogP contribution is -2.27. The van der Waals surface area contributed by atoms with Crippen LogP contribution in [0.1, 0.15) is 38.5 Å². The van der Waals surface area contributed by atoms with E-state index in [0.717, 1.165) is 11.0 Å². The van der Waals surface area contributed by atoms with Gasteiger partial charge in [-0.3, -0.25) is 0 Å². The highest BCUT2D eigenvalue weighted by Gasteiger charge is 2.27. The molecule has 0 amide bonds. The number of hydrogen-bond acceptors (Lipinski definition) is 3. The van der Waals surface area contributed by atoms with Crippen molar-refractivity contribution in [2.45, 2.75) is 49.2 Å². The van der Waals surface area contributed by atoms with E-state index in [1.165, 1.54) is 43.6 Å². The zero-order valence-electron chi connectivity index (χ0n) is 8.65. The summed E-state index contributed by atoms with van der Waals surface area (Å²) < 4.78 is 0.779. The molecule has 1 aliphatic heterocycles. The zero-order valence-corrected chi connectivity index (χ0v) is 10.3. The van der Waals surface area contributed by atoms with Crippen molar-refractivity contribution >= 4 is 23.5 Å². The molecule has 1 saturated heterocycles. The van der Waals surface area contributed by atoms with Crippen molar-refractivity contribution in [3.63, 3.8) is 0 Å². The largest absolute Gasteiger partial charge is 0.393 e. The van der Waals surface area contributed by atoms with Gasteiger partial charge in [-0.05, 0) is 43.1 Å². The fraction of sp³-hybridized carbons (Fsp3) is 1.00. The van der Waals surface area contributed by atoms with Crippen molar-refractivity contribution in [2.24, 2.45) is 5.92 Å². The second kappa shape index (κ2) is 5.66. The van der Waals surface area contributed by atoms with Crippen LogP contribution < -0.4 is 0 Å². The monoisotopic (exact) mass is 232 g/mol. The second-order valence-corrected chi connectivity index (χ2v) is 7.29. The van der Waals surface area contributed by atoms with Crippen LogP contribution >= 0.6 is 23.5 Å². The standard InChI is InChI=1S/C11H20OS2/c12-10-5-2-1-4-9(10)8-11-13-6-3-7-14-11/h9-12H,1-8H2/t9-,10+/m0/s1. The minimum absolute atomic E-state index is 0.00637. The number of aliphatic hydroxyl groups excluding tert-OH is 1. The van der Waals surface area contributed by atoms with Crippen molar-refractivity contribution in [3.05, 3.63) is 0 Å². The van der Waals surface area contributed by atoms with Crippen LogP contribution in [0.4, 0.5) is 0 Å². The molecule has 0 aromatic rings. The van der Waals surface area contributed by atoms with E-state index in [1.54, 1.807) is 0 Å². The molecule has 14 heavy (non-hydrogen) atoms. The van der Waals surface area contributed by atoms with Gasteiger partial charge < -0.3 is 5.11 Å². The average molecular weight is 232 g/mol. The number of rotatable bonds is 2. The van der Waals surface area contributed by atoms with Crippen LogP contribution in [0.2, 0.25) is 0 Å². The van der Waals surface area contributed by atoms with Crippen molar-refractivity contribution in [2.75, 3.05) is 11.5 Å². The molecule has 0 bridgehead atoms. The maximum Gasteiger partial charge on any atom is 0.0569 e. The molecule has 0 spiro atoms. The van der Waals surface area contributed by atoms with E-state index in [2.05, 4.69) is 23.5 Å². The van der Waals surface area contributed by atoms with Gasteiger partial charge in [-0.1, -0.05) is 12.8 Å². The first-order valence-corrected chi connectivity index (χ1v) is 7.87. The summed E-state index contributed by atoms with van der Waals surface area (Å²) in [5.74, 6) is 3.27. The molecule has 3 heteroatoms. The fourth-order valence-corrected chi connectivity index (χ4v) is 5.44. The van der Waals surface area contributed by atoms with Crippen molar-refractivity contribution in [1.82, 2.24) is 0 Å². The van der Waals surface area contributed by atoms with Gasteiger partial charge in [0.1, 0.15) is 0 Å². The third-order valence-electron chi connectivity index (χ3n) is 3.26. The highest BCUT2D eigenvalue weighted by atomic mass is 32.2. The van der Waals surface area contributed by atoms with Crippen LogP contribution in [0.25, 0.3) is 0 Å². The molecule has 1 nitrogen and oxygen atoms in total. The molecule has 0 aromatic carbocycles. The van der Waals surface area contributed by atoms with Gasteiger partial charge in [0.05, 0.1) is 10.7 Å². The van der Waals surface area contributed by atoms with E-state index in [4.69, 9.17) is 0 Å². The summed E-state index contributed by atoms with van der Waals surface area (Å²) in [6.07, 6.45) is 7.51. The van der Waals surface area contributed by atoms with Crippen LogP contribution in [0.5, 0.6) is 0 Å². The summed E-state index contributed by atoms with van der Waals surface area (Å²) in [7, 11) is 0. The summed E-state index contributed by atoms with van der Waals surface area (Å²) in [5.41, 5.74) is 0. The summed E-state index contributed by atoms with van der Waals surface area (Å²) in [4.78, 5) is 0. The number of hydrogen-bond donors (Lipinski definition) is 1. The molecule has 1 saturated carbocycles. The molecule has 1 N–H and O–H groups in total. The van der Waals surface area contributed by atoms with Crippen LogP contribution in [-0.2, 0) is 0 Å². The summed E-state index contributed by atoms with van der Waals surface area (Å²) in [6.45, 7) is 0. The average Bonchev–Trinajstić information content (AvgIpc) is 2.23. The van der Waals surface area contributed by atoms with Crippen molar-refractivity contribution < 1.29 is 5.11 Å². The van der Waals surface area contributed by atoms with E-state index < -0.39 is 0 Å². The molecule has 2 atom stereocenters. The molecule has 2 rings (SSSR count). The van der Waals surface area contributed by atoms with Gasteiger partial charge >= 0.3 is 0 Å². The quantitative estimate of drug-likeness (QED) is 0.790. The van der Waals surface area contributed by atoms with E-state index in [0.29, 0.717) is 5.92 Å². The molecule has 1 heterocycles. The Balaban J connectivity index is 1.76. The lowest BCUT2D eigenvalue weighted by Gasteiger charge is -2.31. The first-order chi connectivity index (χ1) is 6.86. The van der Waals surface area contributed by atoms with E-state index >= 15 is 0 Å². The highest BCUT2D eigenvalue weighted by Crippen LogP contribution is 2.38. The predicted octanol–water partition coefficient (Wildman–Crippen LogP) is 3.12. The first-order valence-electron chi connectivity index (χ1n) is 5.77. The molecule has 2 aliphatic rings. The molecular weight excluding hydrogens is 212 g/mol. The number of aliphatic hydroxyl groups is 1. The van der Waals surface area contributed by atoms with Crippen LogP contribution in [0.3, 0.4) is 0 Å². The fourth-order valence-electron chi connectivity index (χ4n) is 2.38. The summed E-state index contributed by atoms with van der Waals surface area (Å²) in [5, 5.41) is 9.88. The SMILES string of the molecule is O[C@@H]1CCCC[C@H]1CC1SCCCS1. The van der Waals surface area contributed by atoms with Gasteiger partial charge in [-0.15, -0.1) is 23.5 Å². The molecule has 1 aliphatic carbocycles. The normalized spacial score (nSPS) is 35.8. The van der Waals surface area contributed by atoms with Gasteiger partial charge in [0.15, 0.2) is 0 Å². The third kappa shape index (κ3) is 3.07.